The number of allylic oxidation sites excluding steroid dienone is 20. The molecule has 0 aromatic carbocycles. The predicted octanol–water partition coefficient (Wildman–Crippen LogP) is 15.7. The van der Waals surface area contributed by atoms with E-state index in [-0.39, 0.29) is 37.5 Å². The van der Waals surface area contributed by atoms with Gasteiger partial charge in [0.25, 0.3) is 0 Å². The van der Waals surface area contributed by atoms with Gasteiger partial charge in [-0.3, -0.25) is 14.4 Å². The normalized spacial score (nSPS) is 13.2. The highest BCUT2D eigenvalue weighted by Gasteiger charge is 2.19. The van der Waals surface area contributed by atoms with Crippen LogP contribution in [0.4, 0.5) is 0 Å². The Kier molecular flexibility index (Phi) is 45.1. The fourth-order valence-electron chi connectivity index (χ4n) is 5.94. The molecule has 61 heavy (non-hydrogen) atoms. The molecule has 0 saturated heterocycles. The molecule has 0 saturated carbocycles. The van der Waals surface area contributed by atoms with Gasteiger partial charge >= 0.3 is 17.9 Å². The Hall–Kier alpha value is -4.19. The zero-order chi connectivity index (χ0) is 44.4. The molecule has 0 N–H and O–H groups in total. The second kappa shape index (κ2) is 48.5. The van der Waals surface area contributed by atoms with E-state index in [1.165, 1.54) is 25.7 Å². The van der Waals surface area contributed by atoms with Gasteiger partial charge in [0.15, 0.2) is 6.10 Å². The lowest BCUT2D eigenvalue weighted by Gasteiger charge is -2.18. The largest absolute Gasteiger partial charge is 0.462 e. The van der Waals surface area contributed by atoms with Crippen LogP contribution in [-0.2, 0) is 28.6 Å². The fourth-order valence-corrected chi connectivity index (χ4v) is 5.94. The molecule has 0 radical (unpaired) electrons. The second-order valence-corrected chi connectivity index (χ2v) is 15.2. The van der Waals surface area contributed by atoms with Crippen LogP contribution in [0.25, 0.3) is 0 Å². The van der Waals surface area contributed by atoms with Crippen LogP contribution in [0.15, 0.2) is 122 Å². The molecule has 342 valence electrons. The summed E-state index contributed by atoms with van der Waals surface area (Å²) in [6.07, 6.45) is 66.2. The summed E-state index contributed by atoms with van der Waals surface area (Å²) in [6, 6.07) is 0. The summed E-state index contributed by atoms with van der Waals surface area (Å²) in [6.45, 7) is 6.18. The van der Waals surface area contributed by atoms with Crippen LogP contribution in [0.1, 0.15) is 188 Å². The molecule has 0 amide bonds. The van der Waals surface area contributed by atoms with E-state index in [0.29, 0.717) is 25.7 Å². The molecule has 0 rings (SSSR count). The van der Waals surface area contributed by atoms with Gasteiger partial charge < -0.3 is 14.2 Å². The van der Waals surface area contributed by atoms with Gasteiger partial charge in [-0.25, -0.2) is 0 Å². The number of rotatable bonds is 41. The van der Waals surface area contributed by atoms with E-state index in [9.17, 15) is 14.4 Å². The van der Waals surface area contributed by atoms with Crippen molar-refractivity contribution < 1.29 is 28.6 Å². The van der Waals surface area contributed by atoms with Gasteiger partial charge in [0.2, 0.25) is 0 Å². The van der Waals surface area contributed by atoms with Crippen molar-refractivity contribution in [2.75, 3.05) is 13.2 Å². The van der Waals surface area contributed by atoms with Crippen molar-refractivity contribution >= 4 is 17.9 Å². The summed E-state index contributed by atoms with van der Waals surface area (Å²) in [5, 5.41) is 0. The number of hydrogen-bond acceptors (Lipinski definition) is 6. The lowest BCUT2D eigenvalue weighted by atomic mass is 10.1. The first-order chi connectivity index (χ1) is 30.0. The maximum absolute atomic E-state index is 12.8. The molecule has 0 fully saturated rings. The summed E-state index contributed by atoms with van der Waals surface area (Å²) in [5.74, 6) is -1.04. The lowest BCUT2D eigenvalue weighted by Crippen LogP contribution is -2.30. The molecule has 6 heteroatoms. The lowest BCUT2D eigenvalue weighted by molar-refractivity contribution is -0.167. The van der Waals surface area contributed by atoms with Crippen molar-refractivity contribution in [2.24, 2.45) is 0 Å². The number of ether oxygens (including phenoxy) is 3. The fraction of sp³-hybridized carbons (Fsp3) is 0.582. The van der Waals surface area contributed by atoms with Crippen LogP contribution in [-0.4, -0.2) is 37.2 Å². The van der Waals surface area contributed by atoms with Crippen molar-refractivity contribution in [3.8, 4) is 0 Å². The van der Waals surface area contributed by atoms with Crippen LogP contribution in [0.3, 0.4) is 0 Å². The number of unbranched alkanes of at least 4 members (excludes halogenated alkanes) is 10. The van der Waals surface area contributed by atoms with Gasteiger partial charge in [0.05, 0.1) is 0 Å². The third-order valence-electron chi connectivity index (χ3n) is 9.44. The molecule has 0 aromatic heterocycles. The van der Waals surface area contributed by atoms with Gasteiger partial charge in [0.1, 0.15) is 13.2 Å². The summed E-state index contributed by atoms with van der Waals surface area (Å²) < 4.78 is 16.7. The van der Waals surface area contributed by atoms with E-state index in [2.05, 4.69) is 142 Å². The van der Waals surface area contributed by atoms with Crippen molar-refractivity contribution in [1.29, 1.82) is 0 Å². The Labute approximate surface area is 373 Å². The molecule has 0 spiro atoms. The Bertz CT molecular complexity index is 1340. The topological polar surface area (TPSA) is 78.9 Å². The predicted molar refractivity (Wildman–Crippen MR) is 260 cm³/mol. The maximum Gasteiger partial charge on any atom is 0.306 e. The van der Waals surface area contributed by atoms with Gasteiger partial charge in [0, 0.05) is 19.3 Å². The summed E-state index contributed by atoms with van der Waals surface area (Å²) in [5.41, 5.74) is 0. The molecule has 6 nitrogen and oxygen atoms in total. The van der Waals surface area contributed by atoms with Crippen LogP contribution >= 0.6 is 0 Å². The van der Waals surface area contributed by atoms with Gasteiger partial charge in [-0.2, -0.15) is 0 Å². The molecule has 0 aliphatic rings. The summed E-state index contributed by atoms with van der Waals surface area (Å²) in [4.78, 5) is 37.8. The summed E-state index contributed by atoms with van der Waals surface area (Å²) >= 11 is 0. The Morgan fingerprint density at radius 1 is 0.328 bits per heavy atom. The number of hydrogen-bond donors (Lipinski definition) is 0. The van der Waals surface area contributed by atoms with E-state index in [1.54, 1.807) is 0 Å². The third-order valence-corrected chi connectivity index (χ3v) is 9.44. The van der Waals surface area contributed by atoms with E-state index >= 15 is 0 Å². The Morgan fingerprint density at radius 3 is 1.02 bits per heavy atom. The molecule has 0 aliphatic carbocycles. The average Bonchev–Trinajstić information content (AvgIpc) is 3.26. The highest BCUT2D eigenvalue weighted by atomic mass is 16.6. The van der Waals surface area contributed by atoms with Crippen LogP contribution < -0.4 is 0 Å². The van der Waals surface area contributed by atoms with E-state index in [0.717, 1.165) is 109 Å². The smallest absolute Gasteiger partial charge is 0.306 e. The molecule has 1 atom stereocenters. The van der Waals surface area contributed by atoms with Crippen molar-refractivity contribution in [3.05, 3.63) is 122 Å². The van der Waals surface area contributed by atoms with E-state index in [1.807, 2.05) is 0 Å². The minimum absolute atomic E-state index is 0.123. The number of carbonyl (C=O) groups is 3. The first-order valence-electron chi connectivity index (χ1n) is 24.0. The molecule has 1 unspecified atom stereocenters. The molecular formula is C55H86O6. The van der Waals surface area contributed by atoms with Crippen LogP contribution in [0.5, 0.6) is 0 Å². The molecule has 0 heterocycles. The monoisotopic (exact) mass is 843 g/mol. The first-order valence-corrected chi connectivity index (χ1v) is 24.0. The Morgan fingerprint density at radius 2 is 0.607 bits per heavy atom. The van der Waals surface area contributed by atoms with Crippen molar-refractivity contribution in [3.63, 3.8) is 0 Å². The first kappa shape index (κ1) is 56.8. The zero-order valence-corrected chi connectivity index (χ0v) is 38.9. The van der Waals surface area contributed by atoms with Crippen LogP contribution in [0.2, 0.25) is 0 Å². The molecule has 0 aliphatic heterocycles. The van der Waals surface area contributed by atoms with Crippen molar-refractivity contribution in [2.45, 2.75) is 194 Å². The zero-order valence-electron chi connectivity index (χ0n) is 38.9. The molecular weight excluding hydrogens is 757 g/mol. The van der Waals surface area contributed by atoms with Crippen molar-refractivity contribution in [1.82, 2.24) is 0 Å². The molecule has 0 bridgehead atoms. The minimum Gasteiger partial charge on any atom is -0.462 e. The second-order valence-electron chi connectivity index (χ2n) is 15.2. The SMILES string of the molecule is CC/C=C\C/C=C\C/C=C\C/C=C\C/C=C\CCCC(=O)OCC(COC(=O)CCCC/C=C\C/C=C\C/C=C\CC)OC(=O)CCCCCCCCC/C=C\C/C=C\CC. The van der Waals surface area contributed by atoms with E-state index in [4.69, 9.17) is 14.2 Å². The third kappa shape index (κ3) is 46.7. The average molecular weight is 843 g/mol. The number of carbonyl (C=O) groups excluding carboxylic acids is 3. The standard InChI is InChI=1S/C55H86O6/c1-4-7-10-13-16-19-22-25-27-28-29-31-33-36-39-42-45-48-54(57)60-51-52(50-59-53(56)47-44-41-38-35-32-24-21-18-15-12-9-6-3)61-55(58)49-46-43-40-37-34-30-26-23-20-17-14-11-8-5-2/h7-12,16-21,25,27,29,31-32,35-36,39,52H,4-6,13-15,22-24,26,28,30,33-34,37-38,40-51H2,1-3H3/b10-7-,11-8-,12-9-,19-16-,20-17-,21-18-,27-25-,31-29-,35-32-,39-36-. The maximum atomic E-state index is 12.8. The summed E-state index contributed by atoms with van der Waals surface area (Å²) in [7, 11) is 0. The quantitative estimate of drug-likeness (QED) is 0.0264. The van der Waals surface area contributed by atoms with Gasteiger partial charge in [-0.05, 0) is 116 Å². The highest BCUT2D eigenvalue weighted by molar-refractivity contribution is 5.71. The van der Waals surface area contributed by atoms with Gasteiger partial charge in [-0.1, -0.05) is 174 Å². The molecule has 0 aromatic rings. The highest BCUT2D eigenvalue weighted by Crippen LogP contribution is 2.12. The minimum atomic E-state index is -0.823. The Balaban J connectivity index is 4.55. The van der Waals surface area contributed by atoms with E-state index < -0.39 is 6.10 Å². The van der Waals surface area contributed by atoms with Crippen LogP contribution in [0, 0.1) is 0 Å². The van der Waals surface area contributed by atoms with Gasteiger partial charge in [-0.15, -0.1) is 0 Å². The number of esters is 3.